The molecular weight excluding hydrogens is 414 g/mol. The van der Waals surface area contributed by atoms with Crippen LogP contribution in [0.15, 0.2) is 64.6 Å². The number of aromatic nitrogens is 1. The third-order valence-corrected chi connectivity index (χ3v) is 5.84. The number of hydrazone groups is 1. The van der Waals surface area contributed by atoms with Gasteiger partial charge in [0, 0.05) is 28.3 Å². The van der Waals surface area contributed by atoms with Gasteiger partial charge in [-0.05, 0) is 62.2 Å². The average Bonchev–Trinajstić information content (AvgIpc) is 3.01. The van der Waals surface area contributed by atoms with E-state index in [0.29, 0.717) is 0 Å². The Morgan fingerprint density at radius 1 is 1.13 bits per heavy atom. The molecule has 3 aromatic rings. The molecule has 162 valence electrons. The molecule has 0 bridgehead atoms. The van der Waals surface area contributed by atoms with E-state index in [4.69, 9.17) is 5.14 Å². The standard InChI is InChI=1S/C22H25N5O3S/c1-4-17-7-5-6-8-21(17)25-22(28)26-24-14-18-13-15(2)27(16(18)3)19-9-11-20(12-10-19)31(23,29)30/h5-14H,4H2,1-3H3,(H2,23,29,30)(H2,25,26,28)/b24-14+. The molecule has 0 radical (unpaired) electrons. The van der Waals surface area contributed by atoms with Crippen molar-refractivity contribution in [1.29, 1.82) is 0 Å². The van der Waals surface area contributed by atoms with Crippen LogP contribution in [0.2, 0.25) is 0 Å². The first-order chi connectivity index (χ1) is 14.7. The summed E-state index contributed by atoms with van der Waals surface area (Å²) in [5, 5.41) is 12.0. The summed E-state index contributed by atoms with van der Waals surface area (Å²) in [7, 11) is -3.74. The number of benzene rings is 2. The van der Waals surface area contributed by atoms with Crippen molar-refractivity contribution >= 4 is 28.0 Å². The number of carbonyl (C=O) groups excluding carboxylic acids is 1. The Morgan fingerprint density at radius 3 is 2.45 bits per heavy atom. The minimum absolute atomic E-state index is 0.0559. The zero-order valence-electron chi connectivity index (χ0n) is 17.6. The van der Waals surface area contributed by atoms with E-state index in [-0.39, 0.29) is 4.90 Å². The molecule has 0 saturated carbocycles. The van der Waals surface area contributed by atoms with Crippen molar-refractivity contribution in [2.75, 3.05) is 5.32 Å². The number of nitrogens with two attached hydrogens (primary N) is 1. The summed E-state index contributed by atoms with van der Waals surface area (Å²) in [4.78, 5) is 12.2. The monoisotopic (exact) mass is 439 g/mol. The molecule has 0 fully saturated rings. The van der Waals surface area contributed by atoms with Crippen molar-refractivity contribution < 1.29 is 13.2 Å². The second-order valence-corrected chi connectivity index (χ2v) is 8.60. The van der Waals surface area contributed by atoms with E-state index in [9.17, 15) is 13.2 Å². The third-order valence-electron chi connectivity index (χ3n) is 4.91. The lowest BCUT2D eigenvalue weighted by atomic mass is 10.1. The largest absolute Gasteiger partial charge is 0.339 e. The van der Waals surface area contributed by atoms with Gasteiger partial charge in [-0.15, -0.1) is 0 Å². The topological polar surface area (TPSA) is 119 Å². The number of rotatable bonds is 6. The summed E-state index contributed by atoms with van der Waals surface area (Å²) < 4.78 is 24.9. The van der Waals surface area contributed by atoms with Gasteiger partial charge in [0.05, 0.1) is 11.1 Å². The molecule has 1 aromatic heterocycles. The van der Waals surface area contributed by atoms with Crippen LogP contribution in [0.3, 0.4) is 0 Å². The van der Waals surface area contributed by atoms with Crippen LogP contribution in [0.4, 0.5) is 10.5 Å². The Labute approximate surface area is 181 Å². The highest BCUT2D eigenvalue weighted by molar-refractivity contribution is 7.89. The van der Waals surface area contributed by atoms with Gasteiger partial charge in [0.25, 0.3) is 0 Å². The number of hydrogen-bond acceptors (Lipinski definition) is 4. The Kier molecular flexibility index (Phi) is 6.57. The Hall–Kier alpha value is -3.43. The zero-order valence-corrected chi connectivity index (χ0v) is 18.4. The number of nitrogens with one attached hydrogen (secondary N) is 2. The predicted octanol–water partition coefficient (Wildman–Crippen LogP) is 3.46. The van der Waals surface area contributed by atoms with Crippen LogP contribution in [0.25, 0.3) is 5.69 Å². The van der Waals surface area contributed by atoms with Gasteiger partial charge in [-0.2, -0.15) is 5.10 Å². The smallest absolute Gasteiger partial charge is 0.318 e. The molecule has 31 heavy (non-hydrogen) atoms. The highest BCUT2D eigenvalue weighted by Gasteiger charge is 2.12. The highest BCUT2D eigenvalue weighted by Crippen LogP contribution is 2.21. The number of carbonyl (C=O) groups is 1. The number of urea groups is 1. The molecule has 2 aromatic carbocycles. The van der Waals surface area contributed by atoms with Crippen LogP contribution in [-0.2, 0) is 16.4 Å². The first-order valence-electron chi connectivity index (χ1n) is 9.71. The second-order valence-electron chi connectivity index (χ2n) is 7.04. The molecule has 2 amide bonds. The molecule has 0 aliphatic carbocycles. The van der Waals surface area contributed by atoms with Crippen LogP contribution < -0.4 is 15.9 Å². The third kappa shape index (κ3) is 5.19. The Morgan fingerprint density at radius 2 is 1.81 bits per heavy atom. The predicted molar refractivity (Wildman–Crippen MR) is 122 cm³/mol. The van der Waals surface area contributed by atoms with Crippen molar-refractivity contribution in [2.24, 2.45) is 10.2 Å². The van der Waals surface area contributed by atoms with E-state index < -0.39 is 16.1 Å². The zero-order chi connectivity index (χ0) is 22.6. The van der Waals surface area contributed by atoms with Crippen LogP contribution in [0.5, 0.6) is 0 Å². The average molecular weight is 440 g/mol. The molecule has 9 heteroatoms. The van der Waals surface area contributed by atoms with E-state index in [1.165, 1.54) is 12.1 Å². The molecule has 8 nitrogen and oxygen atoms in total. The molecule has 0 unspecified atom stereocenters. The molecule has 3 rings (SSSR count). The number of nitrogens with zero attached hydrogens (tertiary/aromatic N) is 2. The normalized spacial score (nSPS) is 11.6. The molecule has 0 atom stereocenters. The lowest BCUT2D eigenvalue weighted by molar-refractivity contribution is 0.252. The van der Waals surface area contributed by atoms with E-state index in [0.717, 1.165) is 40.3 Å². The number of amides is 2. The van der Waals surface area contributed by atoms with Gasteiger partial charge < -0.3 is 9.88 Å². The van der Waals surface area contributed by atoms with Crippen molar-refractivity contribution in [3.8, 4) is 5.69 Å². The summed E-state index contributed by atoms with van der Waals surface area (Å²) in [6.45, 7) is 5.87. The highest BCUT2D eigenvalue weighted by atomic mass is 32.2. The van der Waals surface area contributed by atoms with Crippen molar-refractivity contribution in [2.45, 2.75) is 32.1 Å². The molecule has 1 heterocycles. The minimum Gasteiger partial charge on any atom is -0.318 e. The fourth-order valence-electron chi connectivity index (χ4n) is 3.36. The summed E-state index contributed by atoms with van der Waals surface area (Å²) in [6, 6.07) is 15.4. The van der Waals surface area contributed by atoms with Gasteiger partial charge in [-0.3, -0.25) is 0 Å². The number of sulfonamides is 1. The number of hydrogen-bond donors (Lipinski definition) is 3. The number of primary sulfonamides is 1. The Bertz CT molecular complexity index is 1230. The van der Waals surface area contributed by atoms with Gasteiger partial charge in [0.1, 0.15) is 0 Å². The van der Waals surface area contributed by atoms with Gasteiger partial charge in [-0.25, -0.2) is 23.8 Å². The fourth-order valence-corrected chi connectivity index (χ4v) is 3.88. The molecule has 0 saturated heterocycles. The lowest BCUT2D eigenvalue weighted by Gasteiger charge is -2.10. The second kappa shape index (κ2) is 9.15. The van der Waals surface area contributed by atoms with Gasteiger partial charge >= 0.3 is 6.03 Å². The first-order valence-corrected chi connectivity index (χ1v) is 11.3. The maximum absolute atomic E-state index is 12.2. The maximum atomic E-state index is 12.2. The molecule has 0 aliphatic rings. The molecular formula is C22H25N5O3S. The van der Waals surface area contributed by atoms with Gasteiger partial charge in [0.15, 0.2) is 0 Å². The number of para-hydroxylation sites is 1. The fraction of sp³-hybridized carbons (Fsp3) is 0.182. The van der Waals surface area contributed by atoms with Crippen LogP contribution in [0, 0.1) is 13.8 Å². The van der Waals surface area contributed by atoms with Gasteiger partial charge in [0.2, 0.25) is 10.0 Å². The number of anilines is 1. The van der Waals surface area contributed by atoms with Crippen LogP contribution >= 0.6 is 0 Å². The van der Waals surface area contributed by atoms with E-state index in [2.05, 4.69) is 15.8 Å². The quantitative estimate of drug-likeness (QED) is 0.403. The summed E-state index contributed by atoms with van der Waals surface area (Å²) >= 11 is 0. The van der Waals surface area contributed by atoms with Crippen molar-refractivity contribution in [3.63, 3.8) is 0 Å². The van der Waals surface area contributed by atoms with E-state index in [1.807, 2.05) is 55.7 Å². The van der Waals surface area contributed by atoms with Crippen LogP contribution in [-0.4, -0.2) is 25.2 Å². The van der Waals surface area contributed by atoms with E-state index >= 15 is 0 Å². The van der Waals surface area contributed by atoms with Crippen molar-refractivity contribution in [3.05, 3.63) is 77.1 Å². The van der Waals surface area contributed by atoms with Gasteiger partial charge in [-0.1, -0.05) is 25.1 Å². The summed E-state index contributed by atoms with van der Waals surface area (Å²) in [6.07, 6.45) is 2.38. The SMILES string of the molecule is CCc1ccccc1NC(=O)N/N=C/c1cc(C)n(-c2ccc(S(N)(=O)=O)cc2)c1C. The van der Waals surface area contributed by atoms with Crippen molar-refractivity contribution in [1.82, 2.24) is 9.99 Å². The lowest BCUT2D eigenvalue weighted by Crippen LogP contribution is -2.24. The maximum Gasteiger partial charge on any atom is 0.339 e. The minimum atomic E-state index is -3.74. The molecule has 0 aliphatic heterocycles. The first kappa shape index (κ1) is 22.3. The van der Waals surface area contributed by atoms with E-state index in [1.54, 1.807) is 18.3 Å². The summed E-state index contributed by atoms with van der Waals surface area (Å²) in [5.41, 5.74) is 7.71. The number of aryl methyl sites for hydroxylation is 2. The van der Waals surface area contributed by atoms with Crippen LogP contribution in [0.1, 0.15) is 29.4 Å². The Balaban J connectivity index is 1.73. The molecule has 0 spiro atoms. The molecule has 4 N–H and O–H groups in total. The summed E-state index contributed by atoms with van der Waals surface area (Å²) in [5.74, 6) is 0.